The SMILES string of the molecule is CC(C)c1cnc(C2SCCSC2C)s1. The van der Waals surface area contributed by atoms with E-state index >= 15 is 0 Å². The van der Waals surface area contributed by atoms with Crippen molar-refractivity contribution in [1.82, 2.24) is 4.98 Å². The molecule has 1 saturated heterocycles. The molecule has 0 spiro atoms. The first kappa shape index (κ1) is 11.8. The second kappa shape index (κ2) is 5.11. The first-order valence-corrected chi connectivity index (χ1v) is 8.28. The van der Waals surface area contributed by atoms with E-state index < -0.39 is 0 Å². The molecule has 2 unspecified atom stereocenters. The highest BCUT2D eigenvalue weighted by Gasteiger charge is 2.26. The van der Waals surface area contributed by atoms with Crippen LogP contribution in [0.5, 0.6) is 0 Å². The highest BCUT2D eigenvalue weighted by atomic mass is 32.2. The smallest absolute Gasteiger partial charge is 0.107 e. The van der Waals surface area contributed by atoms with Gasteiger partial charge in [0.2, 0.25) is 0 Å². The Hall–Kier alpha value is 0.330. The van der Waals surface area contributed by atoms with Crippen molar-refractivity contribution in [3.63, 3.8) is 0 Å². The minimum Gasteiger partial charge on any atom is -0.248 e. The lowest BCUT2D eigenvalue weighted by molar-refractivity contribution is 0.880. The predicted octanol–water partition coefficient (Wildman–Crippen LogP) is 4.18. The van der Waals surface area contributed by atoms with Crippen LogP contribution in [0.25, 0.3) is 0 Å². The normalized spacial score (nSPS) is 27.2. The van der Waals surface area contributed by atoms with Crippen LogP contribution < -0.4 is 0 Å². The van der Waals surface area contributed by atoms with Gasteiger partial charge in [0.1, 0.15) is 5.01 Å². The van der Waals surface area contributed by atoms with Crippen LogP contribution in [0, 0.1) is 0 Å². The Balaban J connectivity index is 2.13. The third-order valence-electron chi connectivity index (χ3n) is 2.54. The van der Waals surface area contributed by atoms with Crippen LogP contribution in [0.1, 0.15) is 41.8 Å². The molecule has 1 aliphatic rings. The number of thiazole rings is 1. The number of aromatic nitrogens is 1. The van der Waals surface area contributed by atoms with Crippen LogP contribution in [-0.2, 0) is 0 Å². The first-order chi connectivity index (χ1) is 7.18. The van der Waals surface area contributed by atoms with E-state index in [4.69, 9.17) is 0 Å². The van der Waals surface area contributed by atoms with E-state index in [9.17, 15) is 0 Å². The number of rotatable bonds is 2. The van der Waals surface area contributed by atoms with Gasteiger partial charge < -0.3 is 0 Å². The molecule has 0 amide bonds. The Kier molecular flexibility index (Phi) is 4.02. The summed E-state index contributed by atoms with van der Waals surface area (Å²) in [6.07, 6.45) is 2.07. The van der Waals surface area contributed by atoms with Crippen LogP contribution in [0.2, 0.25) is 0 Å². The highest BCUT2D eigenvalue weighted by Crippen LogP contribution is 2.44. The Morgan fingerprint density at radius 3 is 2.67 bits per heavy atom. The maximum Gasteiger partial charge on any atom is 0.107 e. The summed E-state index contributed by atoms with van der Waals surface area (Å²) in [6.45, 7) is 6.81. The summed E-state index contributed by atoms with van der Waals surface area (Å²) in [4.78, 5) is 6.02. The first-order valence-electron chi connectivity index (χ1n) is 5.37. The Morgan fingerprint density at radius 2 is 2.07 bits per heavy atom. The maximum absolute atomic E-state index is 4.60. The van der Waals surface area contributed by atoms with Crippen molar-refractivity contribution in [2.24, 2.45) is 0 Å². The molecule has 1 nitrogen and oxygen atoms in total. The van der Waals surface area contributed by atoms with E-state index in [0.717, 1.165) is 5.25 Å². The van der Waals surface area contributed by atoms with E-state index in [1.165, 1.54) is 21.4 Å². The van der Waals surface area contributed by atoms with E-state index in [1.807, 2.05) is 11.3 Å². The Labute approximate surface area is 104 Å². The Morgan fingerprint density at radius 1 is 1.33 bits per heavy atom. The van der Waals surface area contributed by atoms with E-state index in [0.29, 0.717) is 11.2 Å². The van der Waals surface area contributed by atoms with Gasteiger partial charge in [-0.3, -0.25) is 0 Å². The van der Waals surface area contributed by atoms with Gasteiger partial charge in [0.25, 0.3) is 0 Å². The molecule has 1 aromatic rings. The molecule has 1 aromatic heterocycles. The largest absolute Gasteiger partial charge is 0.248 e. The molecule has 2 heterocycles. The zero-order chi connectivity index (χ0) is 10.8. The molecule has 4 heteroatoms. The summed E-state index contributed by atoms with van der Waals surface area (Å²) in [6, 6.07) is 0. The van der Waals surface area contributed by atoms with Gasteiger partial charge in [-0.05, 0) is 5.92 Å². The second-order valence-corrected chi connectivity index (χ2v) is 7.95. The third kappa shape index (κ3) is 2.71. The van der Waals surface area contributed by atoms with Crippen LogP contribution in [0.15, 0.2) is 6.20 Å². The van der Waals surface area contributed by atoms with Crippen LogP contribution >= 0.6 is 34.9 Å². The van der Waals surface area contributed by atoms with Gasteiger partial charge in [-0.1, -0.05) is 20.8 Å². The number of nitrogens with zero attached hydrogens (tertiary/aromatic N) is 1. The zero-order valence-electron chi connectivity index (χ0n) is 9.40. The number of hydrogen-bond acceptors (Lipinski definition) is 4. The van der Waals surface area contributed by atoms with E-state index in [-0.39, 0.29) is 0 Å². The molecule has 0 aliphatic carbocycles. The van der Waals surface area contributed by atoms with Gasteiger partial charge in [0.05, 0.1) is 5.25 Å². The molecule has 15 heavy (non-hydrogen) atoms. The molecule has 0 N–H and O–H groups in total. The quantitative estimate of drug-likeness (QED) is 0.791. The summed E-state index contributed by atoms with van der Waals surface area (Å²) in [5, 5.41) is 2.68. The molecule has 2 atom stereocenters. The van der Waals surface area contributed by atoms with Crippen molar-refractivity contribution < 1.29 is 0 Å². The van der Waals surface area contributed by atoms with Gasteiger partial charge in [-0.25, -0.2) is 4.98 Å². The van der Waals surface area contributed by atoms with Crippen molar-refractivity contribution in [1.29, 1.82) is 0 Å². The lowest BCUT2D eigenvalue weighted by Gasteiger charge is -2.25. The molecular formula is C11H17NS3. The summed E-state index contributed by atoms with van der Waals surface area (Å²) in [5.74, 6) is 3.19. The van der Waals surface area contributed by atoms with Gasteiger partial charge in [0.15, 0.2) is 0 Å². The maximum atomic E-state index is 4.60. The molecule has 84 valence electrons. The summed E-state index contributed by atoms with van der Waals surface area (Å²) in [7, 11) is 0. The fourth-order valence-electron chi connectivity index (χ4n) is 1.60. The monoisotopic (exact) mass is 259 g/mol. The predicted molar refractivity (Wildman–Crippen MR) is 73.3 cm³/mol. The minimum atomic E-state index is 0.618. The van der Waals surface area contributed by atoms with Gasteiger partial charge in [0, 0.05) is 27.8 Å². The molecule has 2 rings (SSSR count). The molecule has 1 fully saturated rings. The van der Waals surface area contributed by atoms with Gasteiger partial charge >= 0.3 is 0 Å². The standard InChI is InChI=1S/C11H17NS3/c1-7(2)9-6-12-11(15-9)10-8(3)13-4-5-14-10/h6-8,10H,4-5H2,1-3H3. The molecule has 0 bridgehead atoms. The number of thioether (sulfide) groups is 2. The summed E-state index contributed by atoms with van der Waals surface area (Å²) in [5.41, 5.74) is 0. The third-order valence-corrected chi connectivity index (χ3v) is 7.17. The van der Waals surface area contributed by atoms with Crippen LogP contribution in [-0.4, -0.2) is 21.7 Å². The average molecular weight is 259 g/mol. The van der Waals surface area contributed by atoms with Crippen molar-refractivity contribution in [3.05, 3.63) is 16.1 Å². The fourth-order valence-corrected chi connectivity index (χ4v) is 5.69. The topological polar surface area (TPSA) is 12.9 Å². The second-order valence-electron chi connectivity index (χ2n) is 4.12. The van der Waals surface area contributed by atoms with E-state index in [2.05, 4.69) is 55.5 Å². The molecular weight excluding hydrogens is 242 g/mol. The van der Waals surface area contributed by atoms with Gasteiger partial charge in [-0.2, -0.15) is 11.8 Å². The van der Waals surface area contributed by atoms with Crippen LogP contribution in [0.4, 0.5) is 0 Å². The van der Waals surface area contributed by atoms with Crippen molar-refractivity contribution >= 4 is 34.9 Å². The van der Waals surface area contributed by atoms with Crippen molar-refractivity contribution in [2.75, 3.05) is 11.5 Å². The molecule has 0 saturated carbocycles. The van der Waals surface area contributed by atoms with Crippen molar-refractivity contribution in [2.45, 2.75) is 37.2 Å². The lowest BCUT2D eigenvalue weighted by Crippen LogP contribution is -2.15. The lowest BCUT2D eigenvalue weighted by atomic mass is 10.2. The molecule has 0 radical (unpaired) electrons. The fraction of sp³-hybridized carbons (Fsp3) is 0.727. The van der Waals surface area contributed by atoms with Gasteiger partial charge in [-0.15, -0.1) is 23.1 Å². The highest BCUT2D eigenvalue weighted by molar-refractivity contribution is 8.06. The number of hydrogen-bond donors (Lipinski definition) is 0. The minimum absolute atomic E-state index is 0.618. The average Bonchev–Trinajstić information content (AvgIpc) is 2.67. The zero-order valence-corrected chi connectivity index (χ0v) is 11.8. The molecule has 1 aliphatic heterocycles. The van der Waals surface area contributed by atoms with Crippen molar-refractivity contribution in [3.8, 4) is 0 Å². The Bertz CT molecular complexity index is 321. The summed E-state index contributed by atoms with van der Waals surface area (Å²) < 4.78 is 0. The van der Waals surface area contributed by atoms with Crippen LogP contribution in [0.3, 0.4) is 0 Å². The molecule has 0 aromatic carbocycles. The summed E-state index contributed by atoms with van der Waals surface area (Å²) >= 11 is 6.07. The van der Waals surface area contributed by atoms with E-state index in [1.54, 1.807) is 0 Å².